The number of para-hydroxylation sites is 1. The number of nitrogens with zero attached hydrogens (tertiary/aromatic N) is 3. The maximum absolute atomic E-state index is 13.5. The molecular weight excluding hydrogens is 438 g/mol. The van der Waals surface area contributed by atoms with Gasteiger partial charge in [-0.15, -0.1) is 0 Å². The Kier molecular flexibility index (Phi) is 5.33. The molecule has 2 aromatic carbocycles. The predicted molar refractivity (Wildman–Crippen MR) is 103 cm³/mol. The van der Waals surface area contributed by atoms with Crippen LogP contribution < -0.4 is 5.32 Å². The number of hydrogen-bond acceptors (Lipinski definition) is 3. The highest BCUT2D eigenvalue weighted by Gasteiger charge is 2.28. The lowest BCUT2D eigenvalue weighted by molar-refractivity contribution is -0.142. The lowest BCUT2D eigenvalue weighted by Gasteiger charge is -2.11. The maximum Gasteiger partial charge on any atom is 0.408 e. The van der Waals surface area contributed by atoms with Crippen LogP contribution in [0.25, 0.3) is 22.0 Å². The van der Waals surface area contributed by atoms with E-state index in [0.29, 0.717) is 28.6 Å². The van der Waals surface area contributed by atoms with E-state index in [1.807, 2.05) is 0 Å². The average molecular weight is 450 g/mol. The molecule has 0 saturated carbocycles. The molecule has 11 heteroatoms. The number of amides is 1. The van der Waals surface area contributed by atoms with Crippen LogP contribution in [0.5, 0.6) is 0 Å². The molecule has 0 radical (unpaired) electrons. The molecule has 0 bridgehead atoms. The van der Waals surface area contributed by atoms with Crippen molar-refractivity contribution in [2.45, 2.75) is 12.7 Å². The van der Waals surface area contributed by atoms with Gasteiger partial charge in [-0.2, -0.15) is 18.3 Å². The van der Waals surface area contributed by atoms with Gasteiger partial charge >= 0.3 is 6.18 Å². The molecule has 0 aliphatic heterocycles. The number of aromatic nitrogens is 3. The topological polar surface area (TPSA) is 59.8 Å². The first kappa shape index (κ1) is 21.3. The molecule has 2 heterocycles. The Morgan fingerprint density at radius 1 is 1.06 bits per heavy atom. The first-order valence-corrected chi connectivity index (χ1v) is 9.05. The van der Waals surface area contributed by atoms with E-state index in [0.717, 1.165) is 4.68 Å². The van der Waals surface area contributed by atoms with Crippen LogP contribution in [0.4, 0.5) is 32.0 Å². The van der Waals surface area contributed by atoms with Crippen LogP contribution in [-0.4, -0.2) is 26.8 Å². The van der Waals surface area contributed by atoms with Crippen LogP contribution in [-0.2, 0) is 6.54 Å². The van der Waals surface area contributed by atoms with Gasteiger partial charge in [0.25, 0.3) is 5.91 Å². The number of hydrogen-bond donors (Lipinski definition) is 1. The molecule has 1 amide bonds. The van der Waals surface area contributed by atoms with E-state index < -0.39 is 41.6 Å². The lowest BCUT2D eigenvalue weighted by Crippen LogP contribution is -2.17. The Labute approximate surface area is 176 Å². The summed E-state index contributed by atoms with van der Waals surface area (Å²) in [5.41, 5.74) is 0.932. The fraction of sp³-hybridized carbons (Fsp3) is 0.0952. The van der Waals surface area contributed by atoms with E-state index in [9.17, 15) is 31.1 Å². The van der Waals surface area contributed by atoms with Crippen LogP contribution in [0.3, 0.4) is 0 Å². The van der Waals surface area contributed by atoms with Gasteiger partial charge < -0.3 is 5.32 Å². The second-order valence-electron chi connectivity index (χ2n) is 6.81. The van der Waals surface area contributed by atoms with Gasteiger partial charge in [0.15, 0.2) is 17.5 Å². The first-order chi connectivity index (χ1) is 15.1. The van der Waals surface area contributed by atoms with Gasteiger partial charge in [-0.1, -0.05) is 12.1 Å². The number of carbonyl (C=O) groups excluding carboxylic acids is 1. The zero-order valence-electron chi connectivity index (χ0n) is 15.9. The number of anilines is 1. The van der Waals surface area contributed by atoms with Crippen molar-refractivity contribution in [2.75, 3.05) is 5.32 Å². The van der Waals surface area contributed by atoms with Crippen molar-refractivity contribution in [3.05, 3.63) is 78.0 Å². The molecule has 0 spiro atoms. The summed E-state index contributed by atoms with van der Waals surface area (Å²) in [4.78, 5) is 16.6. The summed E-state index contributed by atoms with van der Waals surface area (Å²) in [7, 11) is 0. The summed E-state index contributed by atoms with van der Waals surface area (Å²) in [5.74, 6) is -5.61. The van der Waals surface area contributed by atoms with Crippen LogP contribution in [0.1, 0.15) is 10.4 Å². The molecule has 164 valence electrons. The minimum Gasteiger partial charge on any atom is -0.320 e. The smallest absolute Gasteiger partial charge is 0.320 e. The summed E-state index contributed by atoms with van der Waals surface area (Å²) in [6.07, 6.45) is -0.528. The summed E-state index contributed by atoms with van der Waals surface area (Å²) in [6.45, 7) is -1.25. The molecule has 32 heavy (non-hydrogen) atoms. The van der Waals surface area contributed by atoms with Crippen LogP contribution in [0, 0.1) is 17.5 Å². The predicted octanol–water partition coefficient (Wildman–Crippen LogP) is 5.33. The van der Waals surface area contributed by atoms with E-state index in [4.69, 9.17) is 0 Å². The van der Waals surface area contributed by atoms with Crippen LogP contribution in [0.2, 0.25) is 0 Å². The number of carbonyl (C=O) groups is 1. The zero-order valence-corrected chi connectivity index (χ0v) is 15.9. The van der Waals surface area contributed by atoms with Crippen LogP contribution >= 0.6 is 0 Å². The third-order valence-corrected chi connectivity index (χ3v) is 4.55. The average Bonchev–Trinajstić information content (AvgIpc) is 3.17. The lowest BCUT2D eigenvalue weighted by atomic mass is 10.0. The third-order valence-electron chi connectivity index (χ3n) is 4.55. The molecular formula is C21H12F6N4O. The van der Waals surface area contributed by atoms with Gasteiger partial charge in [-0.05, 0) is 29.8 Å². The van der Waals surface area contributed by atoms with Crippen molar-refractivity contribution in [2.24, 2.45) is 0 Å². The Bertz CT molecular complexity index is 1310. The molecule has 5 nitrogen and oxygen atoms in total. The van der Waals surface area contributed by atoms with Crippen LogP contribution in [0.15, 0.2) is 55.0 Å². The largest absolute Gasteiger partial charge is 0.408 e. The molecule has 4 aromatic rings. The van der Waals surface area contributed by atoms with Crippen molar-refractivity contribution in [3.8, 4) is 11.1 Å². The monoisotopic (exact) mass is 450 g/mol. The number of benzene rings is 2. The number of alkyl halides is 3. The SMILES string of the molecule is O=C(Nc1cccc2c(-c3cnn(CC(F)(F)F)c3)ccnc12)c1cc(F)c(F)c(F)c1. The zero-order chi connectivity index (χ0) is 23.0. The maximum atomic E-state index is 13.5. The fourth-order valence-electron chi connectivity index (χ4n) is 3.18. The molecule has 0 atom stereocenters. The second kappa shape index (κ2) is 7.98. The fourth-order valence-corrected chi connectivity index (χ4v) is 3.18. The van der Waals surface area contributed by atoms with Gasteiger partial charge in [0.05, 0.1) is 17.4 Å². The van der Waals surface area contributed by atoms with Crippen molar-refractivity contribution >= 4 is 22.5 Å². The first-order valence-electron chi connectivity index (χ1n) is 9.05. The molecule has 0 unspecified atom stereocenters. The molecule has 0 fully saturated rings. The highest BCUT2D eigenvalue weighted by molar-refractivity contribution is 6.10. The minimum atomic E-state index is -4.43. The molecule has 2 aromatic heterocycles. The number of rotatable bonds is 4. The number of halogens is 6. The standard InChI is InChI=1S/C21H12F6N4O/c22-15-6-11(7-16(23)18(15)24)20(32)30-17-3-1-2-14-13(4-5-28-19(14)17)12-8-29-31(9-12)10-21(25,26)27/h1-9H,10H2,(H,30,32). The number of fused-ring (bicyclic) bond motifs is 1. The Balaban J connectivity index is 1.69. The second-order valence-corrected chi connectivity index (χ2v) is 6.81. The Hall–Kier alpha value is -3.89. The molecule has 0 aliphatic rings. The van der Waals surface area contributed by atoms with E-state index >= 15 is 0 Å². The van der Waals surface area contributed by atoms with Crippen molar-refractivity contribution in [3.63, 3.8) is 0 Å². The highest BCUT2D eigenvalue weighted by Crippen LogP contribution is 2.31. The highest BCUT2D eigenvalue weighted by atomic mass is 19.4. The van der Waals surface area contributed by atoms with Gasteiger partial charge in [-0.3, -0.25) is 14.5 Å². The molecule has 4 rings (SSSR count). The Morgan fingerprint density at radius 2 is 1.78 bits per heavy atom. The summed E-state index contributed by atoms with van der Waals surface area (Å²) < 4.78 is 78.6. The third kappa shape index (κ3) is 4.27. The quantitative estimate of drug-likeness (QED) is 0.338. The molecule has 0 aliphatic carbocycles. The summed E-state index contributed by atoms with van der Waals surface area (Å²) in [5, 5.41) is 6.68. The van der Waals surface area contributed by atoms with Gasteiger partial charge in [-0.25, -0.2) is 13.2 Å². The van der Waals surface area contributed by atoms with E-state index in [2.05, 4.69) is 15.4 Å². The number of pyridine rings is 1. The molecule has 0 saturated heterocycles. The summed E-state index contributed by atoms with van der Waals surface area (Å²) >= 11 is 0. The Morgan fingerprint density at radius 3 is 2.47 bits per heavy atom. The normalized spacial score (nSPS) is 11.7. The van der Waals surface area contributed by atoms with Crippen molar-refractivity contribution in [1.82, 2.24) is 14.8 Å². The van der Waals surface area contributed by atoms with Gasteiger partial charge in [0, 0.05) is 28.9 Å². The van der Waals surface area contributed by atoms with Gasteiger partial charge in [0.1, 0.15) is 6.54 Å². The molecule has 1 N–H and O–H groups in total. The number of nitrogens with one attached hydrogen (secondary N) is 1. The minimum absolute atomic E-state index is 0.183. The van der Waals surface area contributed by atoms with E-state index in [-0.39, 0.29) is 11.2 Å². The van der Waals surface area contributed by atoms with Crippen molar-refractivity contribution in [1.29, 1.82) is 0 Å². The van der Waals surface area contributed by atoms with Gasteiger partial charge in [0.2, 0.25) is 0 Å². The van der Waals surface area contributed by atoms with Crippen molar-refractivity contribution < 1.29 is 31.1 Å². The van der Waals surface area contributed by atoms with E-state index in [1.54, 1.807) is 18.2 Å². The van der Waals surface area contributed by atoms with E-state index in [1.165, 1.54) is 24.7 Å². The summed E-state index contributed by atoms with van der Waals surface area (Å²) in [6, 6.07) is 7.40.